The van der Waals surface area contributed by atoms with E-state index in [4.69, 9.17) is 11.6 Å². The van der Waals surface area contributed by atoms with Gasteiger partial charge in [-0.2, -0.15) is 0 Å². The van der Waals surface area contributed by atoms with Crippen LogP contribution in [0.4, 0.5) is 0 Å². The molecule has 2 heterocycles. The van der Waals surface area contributed by atoms with E-state index in [9.17, 15) is 5.11 Å². The number of rotatable bonds is 2. The van der Waals surface area contributed by atoms with Crippen molar-refractivity contribution in [2.75, 3.05) is 13.7 Å². The summed E-state index contributed by atoms with van der Waals surface area (Å²) in [6, 6.07) is 9.42. The Kier molecular flexibility index (Phi) is 7.50. The van der Waals surface area contributed by atoms with Gasteiger partial charge in [-0.15, -0.1) is 0 Å². The summed E-state index contributed by atoms with van der Waals surface area (Å²) in [6.45, 7) is 0.287. The standard InChI is InChI=1S/C15H20ClNO.CH4.Ac/c1-17-12-6-7-15(17)14(9-18)13(8-12)10-2-4-11(16)5-3-10;;/h2-5,12-15,18H,6-9H2,1H3;1H4;/t12?,13-,14+,15?;;/m1../s1. The van der Waals surface area contributed by atoms with Gasteiger partial charge in [-0.05, 0) is 49.9 Å². The van der Waals surface area contributed by atoms with Crippen molar-refractivity contribution in [2.24, 2.45) is 5.92 Å². The molecule has 0 amide bonds. The number of piperidine rings is 1. The summed E-state index contributed by atoms with van der Waals surface area (Å²) in [7, 11) is 2.21. The minimum atomic E-state index is 0. The molecular formula is C16H24AcClNO. The van der Waals surface area contributed by atoms with Crippen LogP contribution in [0.3, 0.4) is 0 Å². The summed E-state index contributed by atoms with van der Waals surface area (Å²) in [6.07, 6.45) is 3.68. The van der Waals surface area contributed by atoms with Crippen molar-refractivity contribution in [2.45, 2.75) is 44.7 Å². The van der Waals surface area contributed by atoms with Crippen LogP contribution in [-0.4, -0.2) is 35.7 Å². The average Bonchev–Trinajstić information content (AvgIpc) is 2.63. The van der Waals surface area contributed by atoms with Crippen LogP contribution in [0.5, 0.6) is 0 Å². The molecule has 2 saturated heterocycles. The second kappa shape index (κ2) is 7.93. The number of benzene rings is 1. The van der Waals surface area contributed by atoms with E-state index in [2.05, 4.69) is 24.1 Å². The fourth-order valence-electron chi connectivity index (χ4n) is 3.92. The largest absolute Gasteiger partial charge is 0.396 e. The first-order valence-electron chi connectivity index (χ1n) is 6.79. The predicted molar refractivity (Wildman–Crippen MR) is 80.7 cm³/mol. The van der Waals surface area contributed by atoms with E-state index in [0.29, 0.717) is 23.9 Å². The molecular weight excluding hydrogens is 485 g/mol. The Bertz CT molecular complexity index is 425. The minimum Gasteiger partial charge on any atom is -0.396 e. The Labute approximate surface area is 163 Å². The molecule has 1 radical (unpaired) electrons. The summed E-state index contributed by atoms with van der Waals surface area (Å²) in [5, 5.41) is 10.5. The molecule has 2 nitrogen and oxygen atoms in total. The molecule has 2 bridgehead atoms. The summed E-state index contributed by atoms with van der Waals surface area (Å²) in [4.78, 5) is 2.48. The Morgan fingerprint density at radius 1 is 1.25 bits per heavy atom. The topological polar surface area (TPSA) is 23.5 Å². The number of nitrogens with zero attached hydrogens (tertiary/aromatic N) is 1. The van der Waals surface area contributed by atoms with Crippen LogP contribution in [0.15, 0.2) is 24.3 Å². The fourth-order valence-corrected chi connectivity index (χ4v) is 4.05. The Morgan fingerprint density at radius 3 is 2.50 bits per heavy atom. The number of fused-ring (bicyclic) bond motifs is 2. The number of halogens is 1. The SMILES string of the molecule is C.CN1C2CCC1[C@@H](CO)[C@@H](c1ccc(Cl)cc1)C2.[Ac]. The van der Waals surface area contributed by atoms with Crippen molar-refractivity contribution in [3.63, 3.8) is 0 Å². The van der Waals surface area contributed by atoms with Gasteiger partial charge in [0.25, 0.3) is 0 Å². The fraction of sp³-hybridized carbons (Fsp3) is 0.625. The molecule has 2 fully saturated rings. The van der Waals surface area contributed by atoms with Gasteiger partial charge in [-0.25, -0.2) is 0 Å². The molecule has 4 atom stereocenters. The zero-order chi connectivity index (χ0) is 12.7. The van der Waals surface area contributed by atoms with Crippen molar-refractivity contribution in [3.05, 3.63) is 34.9 Å². The summed E-state index contributed by atoms with van der Waals surface area (Å²) >= 11 is 5.96. The van der Waals surface area contributed by atoms with Crippen molar-refractivity contribution >= 4 is 11.6 Å². The van der Waals surface area contributed by atoms with Crippen molar-refractivity contribution in [1.29, 1.82) is 0 Å². The third kappa shape index (κ3) is 3.44. The van der Waals surface area contributed by atoms with Crippen molar-refractivity contribution in [3.8, 4) is 0 Å². The molecule has 2 aliphatic rings. The molecule has 0 aliphatic carbocycles. The van der Waals surface area contributed by atoms with Crippen LogP contribution in [-0.2, 0) is 0 Å². The molecule has 0 saturated carbocycles. The monoisotopic (exact) mass is 508 g/mol. The number of aliphatic hydroxyl groups excluding tert-OH is 1. The number of aliphatic hydroxyl groups is 1. The summed E-state index contributed by atoms with van der Waals surface area (Å²) in [5.74, 6) is 0.857. The zero-order valence-corrected chi connectivity index (χ0v) is 16.8. The molecule has 1 aromatic carbocycles. The first-order valence-corrected chi connectivity index (χ1v) is 7.16. The summed E-state index contributed by atoms with van der Waals surface area (Å²) < 4.78 is 0. The quantitative estimate of drug-likeness (QED) is 0.661. The van der Waals surface area contributed by atoms with Crippen LogP contribution in [0.1, 0.15) is 38.2 Å². The van der Waals surface area contributed by atoms with Crippen LogP contribution in [0, 0.1) is 50.0 Å². The second-order valence-electron chi connectivity index (χ2n) is 5.70. The van der Waals surface area contributed by atoms with Gasteiger partial charge in [0.15, 0.2) is 0 Å². The first-order chi connectivity index (χ1) is 8.70. The van der Waals surface area contributed by atoms with Gasteiger partial charge in [0.2, 0.25) is 0 Å². The maximum Gasteiger partial charge on any atom is 0.0480 e. The molecule has 3 rings (SSSR count). The smallest absolute Gasteiger partial charge is 0.0480 e. The molecule has 109 valence electrons. The maximum absolute atomic E-state index is 9.76. The average molecular weight is 509 g/mol. The van der Waals surface area contributed by atoms with Crippen LogP contribution >= 0.6 is 11.6 Å². The normalized spacial score (nSPS) is 32.4. The third-order valence-corrected chi connectivity index (χ3v) is 5.19. The number of hydrogen-bond acceptors (Lipinski definition) is 2. The van der Waals surface area contributed by atoms with E-state index >= 15 is 0 Å². The maximum atomic E-state index is 9.76. The first kappa shape index (κ1) is 18.9. The van der Waals surface area contributed by atoms with E-state index in [-0.39, 0.29) is 58.1 Å². The van der Waals surface area contributed by atoms with E-state index in [1.54, 1.807) is 0 Å². The third-order valence-electron chi connectivity index (χ3n) is 4.94. The summed E-state index contributed by atoms with van der Waals surface area (Å²) in [5.41, 5.74) is 1.34. The van der Waals surface area contributed by atoms with Gasteiger partial charge >= 0.3 is 0 Å². The number of hydrogen-bond donors (Lipinski definition) is 1. The van der Waals surface area contributed by atoms with Crippen LogP contribution in [0.25, 0.3) is 0 Å². The van der Waals surface area contributed by atoms with Crippen LogP contribution in [0.2, 0.25) is 5.02 Å². The van der Waals surface area contributed by atoms with E-state index in [0.717, 1.165) is 5.02 Å². The molecule has 2 aliphatic heterocycles. The predicted octanol–water partition coefficient (Wildman–Crippen LogP) is 3.53. The molecule has 0 aromatic heterocycles. The van der Waals surface area contributed by atoms with Gasteiger partial charge in [0.1, 0.15) is 0 Å². The van der Waals surface area contributed by atoms with Gasteiger partial charge < -0.3 is 10.0 Å². The molecule has 2 unspecified atom stereocenters. The Balaban J connectivity index is 0.000001000. The van der Waals surface area contributed by atoms with Gasteiger partial charge in [-0.1, -0.05) is 31.2 Å². The molecule has 4 heteroatoms. The van der Waals surface area contributed by atoms with E-state index in [1.165, 1.54) is 24.8 Å². The molecule has 1 aromatic rings. The Hall–Kier alpha value is 0.872. The van der Waals surface area contributed by atoms with Crippen molar-refractivity contribution in [1.82, 2.24) is 4.90 Å². The zero-order valence-electron chi connectivity index (χ0n) is 11.3. The van der Waals surface area contributed by atoms with Gasteiger partial charge in [0, 0.05) is 73.7 Å². The second-order valence-corrected chi connectivity index (χ2v) is 6.14. The molecule has 20 heavy (non-hydrogen) atoms. The molecule has 1 N–H and O–H groups in total. The van der Waals surface area contributed by atoms with Crippen molar-refractivity contribution < 1.29 is 49.2 Å². The van der Waals surface area contributed by atoms with E-state index in [1.807, 2.05) is 12.1 Å². The van der Waals surface area contributed by atoms with Crippen LogP contribution < -0.4 is 0 Å². The van der Waals surface area contributed by atoms with Gasteiger partial charge in [-0.3, -0.25) is 0 Å². The van der Waals surface area contributed by atoms with Gasteiger partial charge in [0.05, 0.1) is 0 Å². The Morgan fingerprint density at radius 2 is 1.90 bits per heavy atom. The van der Waals surface area contributed by atoms with E-state index < -0.39 is 0 Å². The minimum absolute atomic E-state index is 0. The molecule has 0 spiro atoms.